The monoisotopic (exact) mass is 488 g/mol. The van der Waals surface area contributed by atoms with Gasteiger partial charge in [-0.3, -0.25) is 0 Å². The van der Waals surface area contributed by atoms with E-state index in [2.05, 4.69) is 0 Å². The first-order valence-corrected chi connectivity index (χ1v) is 10.7. The highest BCUT2D eigenvalue weighted by Gasteiger charge is 2.46. The molecule has 0 aliphatic carbocycles. The first kappa shape index (κ1) is 28.7. The molecule has 0 radical (unpaired) electrons. The highest BCUT2D eigenvalue weighted by atomic mass is 16.7. The van der Waals surface area contributed by atoms with Gasteiger partial charge < -0.3 is 69.6 Å². The van der Waals surface area contributed by atoms with Gasteiger partial charge in [-0.25, -0.2) is 0 Å². The largest absolute Gasteiger partial charge is 0.400 e. The minimum Gasteiger partial charge on any atom is -0.400 e. The van der Waals surface area contributed by atoms with Crippen molar-refractivity contribution in [1.29, 1.82) is 0 Å². The first-order valence-electron chi connectivity index (χ1n) is 10.7. The lowest BCUT2D eigenvalue weighted by atomic mass is 9.98. The third kappa shape index (κ3) is 7.22. The Morgan fingerprint density at radius 1 is 0.727 bits per heavy atom. The minimum atomic E-state index is -1.61. The number of ether oxygens (including phenoxy) is 5. The molecule has 0 spiro atoms. The van der Waals surface area contributed by atoms with Gasteiger partial charge in [0.15, 0.2) is 12.6 Å². The van der Waals surface area contributed by atoms with E-state index >= 15 is 0 Å². The van der Waals surface area contributed by atoms with E-state index in [-0.39, 0.29) is 32.7 Å². The quantitative estimate of drug-likeness (QED) is 0.163. The predicted molar refractivity (Wildman–Crippen MR) is 105 cm³/mol. The van der Waals surface area contributed by atoms with Crippen molar-refractivity contribution in [2.24, 2.45) is 0 Å². The topological polar surface area (TPSA) is 228 Å². The summed E-state index contributed by atoms with van der Waals surface area (Å²) in [6.45, 7) is -1.17. The van der Waals surface area contributed by atoms with Crippen LogP contribution in [0.15, 0.2) is 0 Å². The molecule has 0 aromatic carbocycles. The zero-order valence-electron chi connectivity index (χ0n) is 18.2. The molecule has 196 valence electrons. The average molecular weight is 488 g/mol. The Morgan fingerprint density at radius 2 is 1.42 bits per heavy atom. The molecular formula is C19H36O14. The van der Waals surface area contributed by atoms with E-state index < -0.39 is 80.2 Å². The van der Waals surface area contributed by atoms with Gasteiger partial charge in [0.2, 0.25) is 0 Å². The van der Waals surface area contributed by atoms with E-state index in [4.69, 9.17) is 28.8 Å². The summed E-state index contributed by atoms with van der Waals surface area (Å²) < 4.78 is 27.3. The lowest BCUT2D eigenvalue weighted by molar-refractivity contribution is -0.326. The second kappa shape index (κ2) is 13.5. The third-order valence-corrected chi connectivity index (χ3v) is 5.74. The molecule has 14 heteroatoms. The molecule has 33 heavy (non-hydrogen) atoms. The second-order valence-electron chi connectivity index (χ2n) is 8.07. The summed E-state index contributed by atoms with van der Waals surface area (Å²) in [4.78, 5) is 0. The summed E-state index contributed by atoms with van der Waals surface area (Å²) in [5.74, 6) is 0. The molecule has 0 saturated carbocycles. The van der Waals surface area contributed by atoms with Crippen molar-refractivity contribution >= 4 is 0 Å². The number of rotatable bonds is 7. The van der Waals surface area contributed by atoms with E-state index in [1.807, 2.05) is 0 Å². The normalized spacial score (nSPS) is 46.4. The smallest absolute Gasteiger partial charge is 0.187 e. The second-order valence-corrected chi connectivity index (χ2v) is 8.07. The molecule has 12 atom stereocenters. The maximum absolute atomic E-state index is 10.2. The van der Waals surface area contributed by atoms with Gasteiger partial charge in [0.1, 0.15) is 36.6 Å². The zero-order chi connectivity index (χ0) is 24.7. The van der Waals surface area contributed by atoms with Gasteiger partial charge in [0.05, 0.1) is 50.8 Å². The fourth-order valence-corrected chi connectivity index (χ4v) is 3.81. The van der Waals surface area contributed by atoms with Gasteiger partial charge >= 0.3 is 0 Å². The third-order valence-electron chi connectivity index (χ3n) is 5.74. The van der Waals surface area contributed by atoms with Gasteiger partial charge in [0, 0.05) is 20.0 Å². The molecule has 0 amide bonds. The van der Waals surface area contributed by atoms with Crippen LogP contribution >= 0.6 is 0 Å². The molecule has 14 nitrogen and oxygen atoms in total. The van der Waals surface area contributed by atoms with Crippen molar-refractivity contribution < 1.29 is 69.6 Å². The van der Waals surface area contributed by atoms with Crippen LogP contribution in [0, 0.1) is 0 Å². The van der Waals surface area contributed by atoms with Crippen LogP contribution in [0.3, 0.4) is 0 Å². The van der Waals surface area contributed by atoms with Gasteiger partial charge in [-0.1, -0.05) is 0 Å². The summed E-state index contributed by atoms with van der Waals surface area (Å²) in [6.07, 6.45) is -14.0. The summed E-state index contributed by atoms with van der Waals surface area (Å²) in [5, 5.41) is 85.4. The van der Waals surface area contributed by atoms with Crippen molar-refractivity contribution in [3.63, 3.8) is 0 Å². The lowest BCUT2D eigenvalue weighted by Crippen LogP contribution is -2.60. The van der Waals surface area contributed by atoms with Crippen LogP contribution in [-0.4, -0.2) is 153 Å². The van der Waals surface area contributed by atoms with Gasteiger partial charge in [-0.05, 0) is 0 Å². The Morgan fingerprint density at radius 3 is 2.06 bits per heavy atom. The van der Waals surface area contributed by atoms with Crippen molar-refractivity contribution in [3.05, 3.63) is 0 Å². The molecule has 0 aromatic heterocycles. The Bertz CT molecular complexity index is 553. The van der Waals surface area contributed by atoms with Crippen LogP contribution in [0.25, 0.3) is 0 Å². The molecule has 3 aliphatic heterocycles. The van der Waals surface area contributed by atoms with Crippen LogP contribution in [0.5, 0.6) is 0 Å². The van der Waals surface area contributed by atoms with E-state index in [9.17, 15) is 40.9 Å². The molecule has 3 fully saturated rings. The zero-order valence-corrected chi connectivity index (χ0v) is 18.2. The maximum Gasteiger partial charge on any atom is 0.187 e. The van der Waals surface area contributed by atoms with Crippen LogP contribution < -0.4 is 0 Å². The molecule has 3 aliphatic rings. The fraction of sp³-hybridized carbons (Fsp3) is 1.00. The van der Waals surface area contributed by atoms with Crippen molar-refractivity contribution in [2.45, 2.75) is 86.5 Å². The van der Waals surface area contributed by atoms with Crippen LogP contribution in [0.1, 0.15) is 12.8 Å². The van der Waals surface area contributed by atoms with Crippen LogP contribution in [-0.2, 0) is 23.7 Å². The van der Waals surface area contributed by atoms with Crippen LogP contribution in [0.2, 0.25) is 0 Å². The summed E-state index contributed by atoms with van der Waals surface area (Å²) in [6, 6.07) is 0. The fourth-order valence-electron chi connectivity index (χ4n) is 3.81. The highest BCUT2D eigenvalue weighted by Crippen LogP contribution is 2.27. The SMILES string of the molecule is CO.OCC1CC(O)C(O)[C@@H](OCC2CC(O[C@H]3OC(CO)[C@@H](O)C(O)C3O)C(O)CO2)O1. The molecule has 9 N–H and O–H groups in total. The Labute approximate surface area is 190 Å². The molecule has 0 aromatic rings. The number of hydrogen-bond acceptors (Lipinski definition) is 14. The summed E-state index contributed by atoms with van der Waals surface area (Å²) >= 11 is 0. The molecule has 9 unspecified atom stereocenters. The van der Waals surface area contributed by atoms with E-state index in [0.717, 1.165) is 7.11 Å². The molecule has 0 bridgehead atoms. The predicted octanol–water partition coefficient (Wildman–Crippen LogP) is -5.22. The van der Waals surface area contributed by atoms with Gasteiger partial charge in [-0.15, -0.1) is 0 Å². The number of hydrogen-bond donors (Lipinski definition) is 9. The average Bonchev–Trinajstić information content (AvgIpc) is 2.83. The maximum atomic E-state index is 10.2. The molecule has 3 saturated heterocycles. The molecule has 3 rings (SSSR count). The summed E-state index contributed by atoms with van der Waals surface area (Å²) in [5.41, 5.74) is 0. The van der Waals surface area contributed by atoms with Crippen molar-refractivity contribution in [1.82, 2.24) is 0 Å². The van der Waals surface area contributed by atoms with Crippen molar-refractivity contribution in [3.8, 4) is 0 Å². The van der Waals surface area contributed by atoms with Crippen LogP contribution in [0.4, 0.5) is 0 Å². The van der Waals surface area contributed by atoms with E-state index in [1.165, 1.54) is 0 Å². The number of aliphatic hydroxyl groups excluding tert-OH is 9. The molecule has 3 heterocycles. The first-order chi connectivity index (χ1) is 15.7. The molecular weight excluding hydrogens is 452 g/mol. The lowest BCUT2D eigenvalue weighted by Gasteiger charge is -2.43. The van der Waals surface area contributed by atoms with Gasteiger partial charge in [-0.2, -0.15) is 0 Å². The number of aliphatic hydroxyl groups is 9. The Kier molecular flexibility index (Phi) is 11.7. The summed E-state index contributed by atoms with van der Waals surface area (Å²) in [7, 11) is 1.00. The standard InChI is InChI=1S/C18H32O13.CH4O/c19-3-7-1-9(21)13(23)17(29-7)28-5-8-2-11(10(22)6-27-8)30-18-16(26)15(25)14(24)12(4-20)31-18;1-2/h7-26H,1-6H2;2H,1H3/t7?,8?,9?,10?,11?,12?,13?,14-,15?,16?,17+,18+;/m1./s1. The Hall–Kier alpha value is -0.560. The van der Waals surface area contributed by atoms with E-state index in [0.29, 0.717) is 0 Å². The minimum absolute atomic E-state index is 0.0681. The van der Waals surface area contributed by atoms with Gasteiger partial charge in [0.25, 0.3) is 0 Å². The van der Waals surface area contributed by atoms with E-state index in [1.54, 1.807) is 0 Å². The Balaban J connectivity index is 0.00000187. The highest BCUT2D eigenvalue weighted by molar-refractivity contribution is 4.90. The van der Waals surface area contributed by atoms with Crippen molar-refractivity contribution in [2.75, 3.05) is 33.5 Å².